The number of aryl methyl sites for hydroxylation is 1. The minimum absolute atomic E-state index is 0.0354. The molecule has 98 valence electrons. The van der Waals surface area contributed by atoms with Gasteiger partial charge in [-0.3, -0.25) is 4.79 Å². The number of thiophene rings is 1. The number of hydrogen-bond acceptors (Lipinski definition) is 4. The molecule has 0 fully saturated rings. The van der Waals surface area contributed by atoms with E-state index >= 15 is 0 Å². The van der Waals surface area contributed by atoms with Gasteiger partial charge in [-0.15, -0.1) is 11.3 Å². The number of rotatable bonds is 3. The number of carboxylic acid groups (broad SMARTS) is 1. The van der Waals surface area contributed by atoms with E-state index in [9.17, 15) is 14.7 Å². The van der Waals surface area contributed by atoms with E-state index in [0.717, 1.165) is 9.35 Å². The number of anilines is 1. The van der Waals surface area contributed by atoms with E-state index < -0.39 is 5.97 Å². The monoisotopic (exact) mass is 338 g/mol. The van der Waals surface area contributed by atoms with Crippen LogP contribution in [0.1, 0.15) is 25.6 Å². The van der Waals surface area contributed by atoms with Gasteiger partial charge in [0.2, 0.25) is 0 Å². The van der Waals surface area contributed by atoms with Crippen LogP contribution in [0, 0.1) is 6.92 Å². The summed E-state index contributed by atoms with van der Waals surface area (Å²) in [7, 11) is 0. The molecule has 0 saturated heterocycles. The highest BCUT2D eigenvalue weighted by Crippen LogP contribution is 2.24. The lowest BCUT2D eigenvalue weighted by molar-refractivity contribution is -0.255. The van der Waals surface area contributed by atoms with Gasteiger partial charge in [-0.25, -0.2) is 0 Å². The molecule has 1 aromatic heterocycles. The number of benzene rings is 1. The van der Waals surface area contributed by atoms with Crippen molar-refractivity contribution in [2.24, 2.45) is 0 Å². The first-order valence-corrected chi connectivity index (χ1v) is 6.97. The Morgan fingerprint density at radius 3 is 2.58 bits per heavy atom. The maximum atomic E-state index is 12.0. The highest BCUT2D eigenvalue weighted by atomic mass is 79.9. The van der Waals surface area contributed by atoms with E-state index in [4.69, 9.17) is 0 Å². The second kappa shape index (κ2) is 5.54. The number of halogens is 1. The molecule has 6 heteroatoms. The summed E-state index contributed by atoms with van der Waals surface area (Å²) in [4.78, 5) is 23.3. The number of nitrogens with one attached hydrogen (secondary N) is 1. The number of carbonyl (C=O) groups excluding carboxylic acids is 2. The van der Waals surface area contributed by atoms with E-state index in [1.54, 1.807) is 25.1 Å². The van der Waals surface area contributed by atoms with Crippen molar-refractivity contribution in [1.82, 2.24) is 0 Å². The van der Waals surface area contributed by atoms with Crippen molar-refractivity contribution in [3.63, 3.8) is 0 Å². The van der Waals surface area contributed by atoms with Crippen molar-refractivity contribution >= 4 is 44.8 Å². The molecule has 19 heavy (non-hydrogen) atoms. The molecule has 0 aliphatic carbocycles. The van der Waals surface area contributed by atoms with Crippen LogP contribution >= 0.6 is 27.3 Å². The van der Waals surface area contributed by atoms with Crippen LogP contribution in [0.5, 0.6) is 0 Å². The van der Waals surface area contributed by atoms with E-state index in [1.807, 2.05) is 0 Å². The minimum Gasteiger partial charge on any atom is -0.545 e. The molecule has 0 radical (unpaired) electrons. The number of carboxylic acids is 1. The van der Waals surface area contributed by atoms with Gasteiger partial charge >= 0.3 is 0 Å². The van der Waals surface area contributed by atoms with Gasteiger partial charge in [0.15, 0.2) is 0 Å². The summed E-state index contributed by atoms with van der Waals surface area (Å²) >= 11 is 4.59. The standard InChI is InChI=1S/C13H10BrNO3S/c1-7-2-3-8(13(17)18)6-9(7)15-12(16)10-4-5-11(14)19-10/h2-6H,1H3,(H,15,16)(H,17,18)/p-1. The van der Waals surface area contributed by atoms with Crippen LogP contribution in [0.3, 0.4) is 0 Å². The second-order valence-electron chi connectivity index (χ2n) is 3.88. The summed E-state index contributed by atoms with van der Waals surface area (Å²) in [5, 5.41) is 13.5. The lowest BCUT2D eigenvalue weighted by Crippen LogP contribution is -2.22. The fraction of sp³-hybridized carbons (Fsp3) is 0.0769. The third-order valence-electron chi connectivity index (χ3n) is 2.52. The third-order valence-corrected chi connectivity index (χ3v) is 4.14. The Hall–Kier alpha value is -1.66. The van der Waals surface area contributed by atoms with Crippen molar-refractivity contribution in [2.75, 3.05) is 5.32 Å². The molecule has 2 rings (SSSR count). The van der Waals surface area contributed by atoms with E-state index in [1.165, 1.54) is 23.5 Å². The average molecular weight is 339 g/mol. The lowest BCUT2D eigenvalue weighted by atomic mass is 10.1. The second-order valence-corrected chi connectivity index (χ2v) is 6.34. The van der Waals surface area contributed by atoms with Gasteiger partial charge in [-0.05, 0) is 52.2 Å². The van der Waals surface area contributed by atoms with Gasteiger partial charge in [0.05, 0.1) is 14.6 Å². The highest BCUT2D eigenvalue weighted by Gasteiger charge is 2.10. The van der Waals surface area contributed by atoms with Crippen molar-refractivity contribution in [3.8, 4) is 0 Å². The van der Waals surface area contributed by atoms with Crippen LogP contribution < -0.4 is 10.4 Å². The molecule has 0 spiro atoms. The lowest BCUT2D eigenvalue weighted by Gasteiger charge is -2.10. The molecule has 0 saturated carbocycles. The van der Waals surface area contributed by atoms with Crippen molar-refractivity contribution < 1.29 is 14.7 Å². The van der Waals surface area contributed by atoms with Crippen LogP contribution in [0.25, 0.3) is 0 Å². The Labute approximate surface area is 122 Å². The smallest absolute Gasteiger partial charge is 0.265 e. The van der Waals surface area contributed by atoms with Crippen LogP contribution in [-0.2, 0) is 0 Å². The third kappa shape index (κ3) is 3.21. The Bertz CT molecular complexity index is 651. The predicted octanol–water partition coefficient (Wildman–Crippen LogP) is 2.43. The largest absolute Gasteiger partial charge is 0.545 e. The molecular formula is C13H9BrNO3S-. The first kappa shape index (κ1) is 13.8. The Balaban J connectivity index is 2.25. The molecule has 1 heterocycles. The predicted molar refractivity (Wildman–Crippen MR) is 75.5 cm³/mol. The van der Waals surface area contributed by atoms with E-state index in [0.29, 0.717) is 10.6 Å². The van der Waals surface area contributed by atoms with Gasteiger partial charge in [-0.1, -0.05) is 12.1 Å². The molecule has 0 aliphatic heterocycles. The maximum absolute atomic E-state index is 12.0. The molecule has 1 N–H and O–H groups in total. The molecule has 1 amide bonds. The van der Waals surface area contributed by atoms with Crippen molar-refractivity contribution in [3.05, 3.63) is 50.1 Å². The average Bonchev–Trinajstić information content (AvgIpc) is 2.78. The molecule has 0 unspecified atom stereocenters. The van der Waals surface area contributed by atoms with Crippen LogP contribution in [0.2, 0.25) is 0 Å². The Morgan fingerprint density at radius 2 is 2.00 bits per heavy atom. The van der Waals surface area contributed by atoms with Gasteiger partial charge in [-0.2, -0.15) is 0 Å². The fourth-order valence-electron chi connectivity index (χ4n) is 1.50. The summed E-state index contributed by atoms with van der Waals surface area (Å²) in [6, 6.07) is 7.95. The molecule has 0 atom stereocenters. The Kier molecular flexibility index (Phi) is 4.01. The minimum atomic E-state index is -1.27. The number of aromatic carboxylic acids is 1. The topological polar surface area (TPSA) is 69.2 Å². The molecule has 0 bridgehead atoms. The number of amides is 1. The molecule has 2 aromatic rings. The van der Waals surface area contributed by atoms with E-state index in [-0.39, 0.29) is 11.5 Å². The molecule has 4 nitrogen and oxygen atoms in total. The maximum Gasteiger partial charge on any atom is 0.265 e. The SMILES string of the molecule is Cc1ccc(C(=O)[O-])cc1NC(=O)c1ccc(Br)s1. The summed E-state index contributed by atoms with van der Waals surface area (Å²) in [6.07, 6.45) is 0. The summed E-state index contributed by atoms with van der Waals surface area (Å²) < 4.78 is 0.859. The van der Waals surface area contributed by atoms with Gasteiger partial charge < -0.3 is 15.2 Å². The zero-order valence-corrected chi connectivity index (χ0v) is 12.3. The summed E-state index contributed by atoms with van der Waals surface area (Å²) in [6.45, 7) is 1.79. The fourth-order valence-corrected chi connectivity index (χ4v) is 2.79. The van der Waals surface area contributed by atoms with Crippen LogP contribution in [0.15, 0.2) is 34.1 Å². The van der Waals surface area contributed by atoms with Gasteiger partial charge in [0.25, 0.3) is 5.91 Å². The Morgan fingerprint density at radius 1 is 1.26 bits per heavy atom. The van der Waals surface area contributed by atoms with Crippen LogP contribution in [0.4, 0.5) is 5.69 Å². The molecule has 1 aromatic carbocycles. The first-order valence-electron chi connectivity index (χ1n) is 5.36. The summed E-state index contributed by atoms with van der Waals surface area (Å²) in [5.74, 6) is -1.54. The summed E-state index contributed by atoms with van der Waals surface area (Å²) in [5.41, 5.74) is 1.29. The highest BCUT2D eigenvalue weighted by molar-refractivity contribution is 9.11. The zero-order chi connectivity index (χ0) is 14.0. The number of carbonyl (C=O) groups is 2. The first-order chi connectivity index (χ1) is 8.97. The van der Waals surface area contributed by atoms with Crippen molar-refractivity contribution in [2.45, 2.75) is 6.92 Å². The van der Waals surface area contributed by atoms with Crippen molar-refractivity contribution in [1.29, 1.82) is 0 Å². The number of hydrogen-bond donors (Lipinski definition) is 1. The normalized spacial score (nSPS) is 10.2. The molecule has 0 aliphatic rings. The molecular weight excluding hydrogens is 330 g/mol. The van der Waals surface area contributed by atoms with Crippen LogP contribution in [-0.4, -0.2) is 11.9 Å². The van der Waals surface area contributed by atoms with E-state index in [2.05, 4.69) is 21.2 Å². The van der Waals surface area contributed by atoms with Gasteiger partial charge in [0.1, 0.15) is 0 Å². The van der Waals surface area contributed by atoms with Gasteiger partial charge in [0, 0.05) is 5.69 Å². The quantitative estimate of drug-likeness (QED) is 0.934. The zero-order valence-electron chi connectivity index (χ0n) is 9.90.